The summed E-state index contributed by atoms with van der Waals surface area (Å²) in [5.74, 6) is -0.199. The summed E-state index contributed by atoms with van der Waals surface area (Å²) in [6.45, 7) is 1.16. The molecule has 0 spiro atoms. The molecule has 0 bridgehead atoms. The third-order valence-corrected chi connectivity index (χ3v) is 4.67. The molecular weight excluding hydrogens is 346 g/mol. The van der Waals surface area contributed by atoms with Crippen molar-refractivity contribution in [2.45, 2.75) is 56.3 Å². The third-order valence-electron chi connectivity index (χ3n) is 4.67. The second kappa shape index (κ2) is 8.12. The van der Waals surface area contributed by atoms with Crippen LogP contribution in [0.25, 0.3) is 0 Å². The number of amides is 1. The second-order valence-corrected chi connectivity index (χ2v) is 6.54. The van der Waals surface area contributed by atoms with Gasteiger partial charge in [0, 0.05) is 31.8 Å². The van der Waals surface area contributed by atoms with Gasteiger partial charge in [0.1, 0.15) is 12.2 Å². The van der Waals surface area contributed by atoms with Crippen LogP contribution < -0.4 is 16.6 Å². The summed E-state index contributed by atoms with van der Waals surface area (Å²) >= 11 is 0. The summed E-state index contributed by atoms with van der Waals surface area (Å²) in [7, 11) is 0. The lowest BCUT2D eigenvalue weighted by atomic mass is 10.1. The summed E-state index contributed by atoms with van der Waals surface area (Å²) in [4.78, 5) is 36.9. The molecule has 2 aliphatic heterocycles. The first-order valence-electron chi connectivity index (χ1n) is 8.67. The summed E-state index contributed by atoms with van der Waals surface area (Å²) in [6.07, 6.45) is -1.08. The van der Waals surface area contributed by atoms with Gasteiger partial charge in [0.15, 0.2) is 6.23 Å². The zero-order valence-electron chi connectivity index (χ0n) is 14.2. The normalized spacial score (nSPS) is 31.2. The van der Waals surface area contributed by atoms with Crippen LogP contribution in [0.1, 0.15) is 31.9 Å². The lowest BCUT2D eigenvalue weighted by Crippen LogP contribution is -2.37. The number of aromatic nitrogens is 2. The Kier molecular flexibility index (Phi) is 5.87. The maximum Gasteiger partial charge on any atom is 0.330 e. The largest absolute Gasteiger partial charge is 0.388 e. The zero-order valence-corrected chi connectivity index (χ0v) is 14.2. The predicted molar refractivity (Wildman–Crippen MR) is 88.5 cm³/mol. The number of carbonyl (C=O) groups is 1. The Balaban J connectivity index is 1.53. The van der Waals surface area contributed by atoms with Crippen LogP contribution in [0, 0.1) is 0 Å². The van der Waals surface area contributed by atoms with Crippen LogP contribution in [0.3, 0.4) is 0 Å². The van der Waals surface area contributed by atoms with Crippen molar-refractivity contribution >= 4 is 5.91 Å². The van der Waals surface area contributed by atoms with Gasteiger partial charge in [0.2, 0.25) is 5.91 Å². The number of H-pyrrole nitrogens is 1. The number of hydrogen-bond donors (Lipinski definition) is 4. The van der Waals surface area contributed by atoms with E-state index in [4.69, 9.17) is 9.47 Å². The quantitative estimate of drug-likeness (QED) is 0.465. The molecule has 4 N–H and O–H groups in total. The number of nitrogens with one attached hydrogen (secondary N) is 2. The smallest absolute Gasteiger partial charge is 0.330 e. The molecule has 0 aliphatic carbocycles. The van der Waals surface area contributed by atoms with Crippen molar-refractivity contribution < 1.29 is 24.5 Å². The van der Waals surface area contributed by atoms with E-state index in [1.807, 2.05) is 0 Å². The van der Waals surface area contributed by atoms with Crippen molar-refractivity contribution in [2.75, 3.05) is 13.2 Å². The number of aliphatic hydroxyl groups is 2. The molecule has 0 aromatic carbocycles. The summed E-state index contributed by atoms with van der Waals surface area (Å²) < 4.78 is 12.0. The average Bonchev–Trinajstić information content (AvgIpc) is 3.22. The highest BCUT2D eigenvalue weighted by atomic mass is 16.6. The van der Waals surface area contributed by atoms with Gasteiger partial charge in [-0.2, -0.15) is 0 Å². The van der Waals surface area contributed by atoms with Crippen LogP contribution in [0.5, 0.6) is 0 Å². The SMILES string of the molecule is O=C(CC[C@H]1O[C@@H](n2ccc(=O)[nH]c2=O)[C@H](O)[C@@H]1O)NCC1CCCO1. The molecule has 5 atom stereocenters. The van der Waals surface area contributed by atoms with Crippen molar-refractivity contribution in [1.82, 2.24) is 14.9 Å². The molecule has 10 nitrogen and oxygen atoms in total. The van der Waals surface area contributed by atoms with E-state index in [0.717, 1.165) is 23.5 Å². The maximum absolute atomic E-state index is 11.9. The summed E-state index contributed by atoms with van der Waals surface area (Å²) in [6, 6.07) is 1.12. The standard InChI is InChI=1S/C16H23N3O7/c20-11(17-8-9-2-1-7-25-9)4-3-10-13(22)14(23)15(26-10)19-6-5-12(21)18-16(19)24/h5-6,9-10,13-15,22-23H,1-4,7-8H2,(H,17,20)(H,18,21,24)/t9?,10-,13-,14-,15-/m1/s1. The fourth-order valence-electron chi connectivity index (χ4n) is 3.22. The first-order chi connectivity index (χ1) is 12.5. The van der Waals surface area contributed by atoms with E-state index in [2.05, 4.69) is 10.3 Å². The minimum absolute atomic E-state index is 0.0468. The highest BCUT2D eigenvalue weighted by Gasteiger charge is 2.43. The number of rotatable bonds is 6. The van der Waals surface area contributed by atoms with Crippen LogP contribution in [-0.2, 0) is 14.3 Å². The van der Waals surface area contributed by atoms with E-state index in [1.54, 1.807) is 0 Å². The molecule has 3 rings (SSSR count). The Labute approximate surface area is 148 Å². The Morgan fingerprint density at radius 3 is 2.85 bits per heavy atom. The van der Waals surface area contributed by atoms with E-state index in [9.17, 15) is 24.6 Å². The highest BCUT2D eigenvalue weighted by Crippen LogP contribution is 2.30. The van der Waals surface area contributed by atoms with E-state index >= 15 is 0 Å². The molecule has 2 aliphatic rings. The van der Waals surface area contributed by atoms with Gasteiger partial charge in [-0.05, 0) is 19.3 Å². The van der Waals surface area contributed by atoms with E-state index in [1.165, 1.54) is 6.20 Å². The lowest BCUT2D eigenvalue weighted by Gasteiger charge is -2.16. The number of aromatic amines is 1. The Bertz CT molecular complexity index is 740. The van der Waals surface area contributed by atoms with Gasteiger partial charge in [0.05, 0.1) is 12.2 Å². The Morgan fingerprint density at radius 1 is 1.35 bits per heavy atom. The lowest BCUT2D eigenvalue weighted by molar-refractivity contribution is -0.122. The minimum atomic E-state index is -1.35. The van der Waals surface area contributed by atoms with Crippen LogP contribution in [0.15, 0.2) is 21.9 Å². The second-order valence-electron chi connectivity index (χ2n) is 6.54. The number of nitrogens with zero attached hydrogens (tertiary/aromatic N) is 1. The fraction of sp³-hybridized carbons (Fsp3) is 0.688. The molecular formula is C16H23N3O7. The summed E-state index contributed by atoms with van der Waals surface area (Å²) in [5.41, 5.74) is -1.32. The van der Waals surface area contributed by atoms with Crippen LogP contribution in [0.4, 0.5) is 0 Å². The van der Waals surface area contributed by atoms with E-state index < -0.39 is 35.8 Å². The van der Waals surface area contributed by atoms with Gasteiger partial charge >= 0.3 is 5.69 Å². The Hall–Kier alpha value is -2.01. The number of hydrogen-bond acceptors (Lipinski definition) is 7. The highest BCUT2D eigenvalue weighted by molar-refractivity contribution is 5.75. The number of carbonyl (C=O) groups excluding carboxylic acids is 1. The average molecular weight is 369 g/mol. The number of ether oxygens (including phenoxy) is 2. The molecule has 1 amide bonds. The van der Waals surface area contributed by atoms with Gasteiger partial charge in [-0.3, -0.25) is 19.1 Å². The van der Waals surface area contributed by atoms with Gasteiger partial charge in [-0.25, -0.2) is 4.79 Å². The van der Waals surface area contributed by atoms with Gasteiger partial charge in [-0.15, -0.1) is 0 Å². The first kappa shape index (κ1) is 18.8. The predicted octanol–water partition coefficient (Wildman–Crippen LogP) is -1.77. The van der Waals surface area contributed by atoms with Crippen LogP contribution in [-0.4, -0.2) is 63.2 Å². The topological polar surface area (TPSA) is 143 Å². The zero-order chi connectivity index (χ0) is 18.7. The van der Waals surface area contributed by atoms with E-state index in [0.29, 0.717) is 13.2 Å². The van der Waals surface area contributed by atoms with Crippen molar-refractivity contribution in [3.8, 4) is 0 Å². The van der Waals surface area contributed by atoms with Crippen molar-refractivity contribution in [3.05, 3.63) is 33.1 Å². The van der Waals surface area contributed by atoms with Crippen molar-refractivity contribution in [1.29, 1.82) is 0 Å². The molecule has 0 radical (unpaired) electrons. The first-order valence-corrected chi connectivity index (χ1v) is 8.67. The maximum atomic E-state index is 11.9. The van der Waals surface area contributed by atoms with Gasteiger partial charge in [-0.1, -0.05) is 0 Å². The van der Waals surface area contributed by atoms with E-state index in [-0.39, 0.29) is 24.9 Å². The van der Waals surface area contributed by atoms with Gasteiger partial charge < -0.3 is 25.0 Å². The van der Waals surface area contributed by atoms with Crippen LogP contribution in [0.2, 0.25) is 0 Å². The molecule has 1 aromatic rings. The third kappa shape index (κ3) is 4.21. The molecule has 3 heterocycles. The molecule has 26 heavy (non-hydrogen) atoms. The molecule has 1 aromatic heterocycles. The molecule has 10 heteroatoms. The van der Waals surface area contributed by atoms with Crippen molar-refractivity contribution in [2.24, 2.45) is 0 Å². The molecule has 144 valence electrons. The van der Waals surface area contributed by atoms with Gasteiger partial charge in [0.25, 0.3) is 5.56 Å². The van der Waals surface area contributed by atoms with Crippen molar-refractivity contribution in [3.63, 3.8) is 0 Å². The molecule has 0 saturated carbocycles. The summed E-state index contributed by atoms with van der Waals surface area (Å²) in [5, 5.41) is 23.1. The molecule has 2 saturated heterocycles. The minimum Gasteiger partial charge on any atom is -0.388 e. The van der Waals surface area contributed by atoms with Crippen LogP contribution >= 0.6 is 0 Å². The molecule has 2 fully saturated rings. The fourth-order valence-corrected chi connectivity index (χ4v) is 3.22. The molecule has 1 unspecified atom stereocenters. The number of aliphatic hydroxyl groups excluding tert-OH is 2. The monoisotopic (exact) mass is 369 g/mol. The Morgan fingerprint density at radius 2 is 2.15 bits per heavy atom.